The Balaban J connectivity index is 5.98. The van der Waals surface area contributed by atoms with Gasteiger partial charge in [-0.25, -0.2) is 0 Å². The van der Waals surface area contributed by atoms with Crippen LogP contribution < -0.4 is 43.8 Å². The van der Waals surface area contributed by atoms with E-state index in [1.54, 1.807) is 13.8 Å². The van der Waals surface area contributed by atoms with Gasteiger partial charge in [-0.1, -0.05) is 27.7 Å². The number of rotatable bonds is 22. The van der Waals surface area contributed by atoms with Crippen molar-refractivity contribution in [1.82, 2.24) is 26.6 Å². The van der Waals surface area contributed by atoms with Crippen LogP contribution in [-0.2, 0) is 38.4 Å². The van der Waals surface area contributed by atoms with E-state index in [1.807, 2.05) is 19.2 Å². The number of hydrogen-bond donors (Lipinski definition) is 10. The highest BCUT2D eigenvalue weighted by atomic mass is 16.4. The third kappa shape index (κ3) is 17.5. The molecule has 7 amide bonds. The Hall–Kier alpha value is -4.32. The Bertz CT molecular complexity index is 1070. The molecule has 0 aliphatic rings. The first kappa shape index (κ1) is 40.7. The summed E-state index contributed by atoms with van der Waals surface area (Å²) in [4.78, 5) is 98.2. The lowest BCUT2D eigenvalue weighted by Crippen LogP contribution is -2.59. The van der Waals surface area contributed by atoms with E-state index in [2.05, 4.69) is 21.3 Å². The summed E-state index contributed by atoms with van der Waals surface area (Å²) in [5.74, 6) is -7.39. The maximum Gasteiger partial charge on any atom is 0.322 e. The van der Waals surface area contributed by atoms with Gasteiger partial charge in [0.1, 0.15) is 30.7 Å². The Kier molecular flexibility index (Phi) is 18.6. The summed E-state index contributed by atoms with van der Waals surface area (Å²) in [5, 5.41) is 29.9. The van der Waals surface area contributed by atoms with Crippen molar-refractivity contribution < 1.29 is 48.6 Å². The molecular formula is C27H48N8O10. The number of amides is 7. The number of primary amides is 2. The molecule has 0 aromatic rings. The van der Waals surface area contributed by atoms with E-state index in [9.17, 15) is 43.5 Å². The lowest BCUT2D eigenvalue weighted by atomic mass is 10.0. The van der Waals surface area contributed by atoms with Crippen LogP contribution in [0.15, 0.2) is 0 Å². The van der Waals surface area contributed by atoms with Crippen molar-refractivity contribution in [2.24, 2.45) is 29.0 Å². The number of aliphatic hydroxyl groups is 1. The smallest absolute Gasteiger partial charge is 0.322 e. The fraction of sp³-hybridized carbons (Fsp3) is 0.704. The molecule has 0 fully saturated rings. The number of aliphatic hydroxyl groups excluding tert-OH is 1. The molecule has 5 atom stereocenters. The third-order valence-electron chi connectivity index (χ3n) is 6.26. The quantitative estimate of drug-likeness (QED) is 0.0542. The van der Waals surface area contributed by atoms with Gasteiger partial charge in [-0.2, -0.15) is 0 Å². The van der Waals surface area contributed by atoms with Crippen molar-refractivity contribution in [3.63, 3.8) is 0 Å². The van der Waals surface area contributed by atoms with Crippen LogP contribution in [0.1, 0.15) is 66.2 Å². The van der Waals surface area contributed by atoms with E-state index in [4.69, 9.17) is 22.3 Å². The highest BCUT2D eigenvalue weighted by Gasteiger charge is 2.32. The predicted molar refractivity (Wildman–Crippen MR) is 159 cm³/mol. The van der Waals surface area contributed by atoms with Crippen molar-refractivity contribution in [3.05, 3.63) is 0 Å². The molecule has 0 unspecified atom stereocenters. The molecule has 45 heavy (non-hydrogen) atoms. The van der Waals surface area contributed by atoms with Crippen LogP contribution >= 0.6 is 0 Å². The van der Waals surface area contributed by atoms with E-state index >= 15 is 0 Å². The Morgan fingerprint density at radius 2 is 1.00 bits per heavy atom. The lowest BCUT2D eigenvalue weighted by molar-refractivity contribution is -0.139. The van der Waals surface area contributed by atoms with Crippen LogP contribution in [0.2, 0.25) is 0 Å². The van der Waals surface area contributed by atoms with Crippen molar-refractivity contribution in [3.8, 4) is 0 Å². The number of nitrogens with two attached hydrogens (primary N) is 3. The fourth-order valence-electron chi connectivity index (χ4n) is 4.00. The molecule has 0 aromatic heterocycles. The number of carboxylic acids is 1. The third-order valence-corrected chi connectivity index (χ3v) is 6.26. The molecule has 0 aliphatic carbocycles. The van der Waals surface area contributed by atoms with Gasteiger partial charge in [-0.05, 0) is 37.5 Å². The topological polar surface area (TPSA) is 315 Å². The molecule has 13 N–H and O–H groups in total. The van der Waals surface area contributed by atoms with Gasteiger partial charge >= 0.3 is 5.97 Å². The number of carbonyl (C=O) groups is 8. The normalized spacial score (nSPS) is 14.3. The summed E-state index contributed by atoms with van der Waals surface area (Å²) >= 11 is 0. The summed E-state index contributed by atoms with van der Waals surface area (Å²) in [7, 11) is 0. The van der Waals surface area contributed by atoms with Crippen LogP contribution in [-0.4, -0.2) is 101 Å². The molecule has 0 aliphatic heterocycles. The summed E-state index contributed by atoms with van der Waals surface area (Å²) in [6.07, 6.45) is -0.837. The zero-order chi connectivity index (χ0) is 34.9. The van der Waals surface area contributed by atoms with Gasteiger partial charge in [-0.15, -0.1) is 0 Å². The first-order valence-corrected chi connectivity index (χ1v) is 14.5. The molecule has 0 spiro atoms. The molecule has 0 saturated heterocycles. The highest BCUT2D eigenvalue weighted by molar-refractivity contribution is 5.96. The van der Waals surface area contributed by atoms with E-state index in [1.165, 1.54) is 0 Å². The molecular weight excluding hydrogens is 596 g/mol. The average molecular weight is 645 g/mol. The maximum absolute atomic E-state index is 13.4. The van der Waals surface area contributed by atoms with Crippen molar-refractivity contribution >= 4 is 47.3 Å². The number of carbonyl (C=O) groups excluding carboxylic acids is 7. The Morgan fingerprint density at radius 3 is 1.40 bits per heavy atom. The molecule has 0 aromatic carbocycles. The molecule has 18 nitrogen and oxygen atoms in total. The van der Waals surface area contributed by atoms with Crippen molar-refractivity contribution in [2.75, 3.05) is 13.2 Å². The highest BCUT2D eigenvalue weighted by Crippen LogP contribution is 2.09. The minimum atomic E-state index is -1.54. The van der Waals surface area contributed by atoms with E-state index in [0.717, 1.165) is 0 Å². The first-order valence-electron chi connectivity index (χ1n) is 14.5. The molecule has 18 heteroatoms. The van der Waals surface area contributed by atoms with Crippen LogP contribution in [0, 0.1) is 11.8 Å². The fourth-order valence-corrected chi connectivity index (χ4v) is 4.00. The largest absolute Gasteiger partial charge is 0.480 e. The van der Waals surface area contributed by atoms with Gasteiger partial charge in [0.2, 0.25) is 41.4 Å². The van der Waals surface area contributed by atoms with E-state index < -0.39 is 90.7 Å². The predicted octanol–water partition coefficient (Wildman–Crippen LogP) is -3.93. The lowest BCUT2D eigenvalue weighted by Gasteiger charge is -2.27. The Morgan fingerprint density at radius 1 is 0.600 bits per heavy atom. The second-order valence-electron chi connectivity index (χ2n) is 11.4. The second-order valence-corrected chi connectivity index (χ2v) is 11.4. The Labute approximate surface area is 261 Å². The summed E-state index contributed by atoms with van der Waals surface area (Å²) in [6.45, 7) is 5.52. The van der Waals surface area contributed by atoms with Crippen LogP contribution in [0.25, 0.3) is 0 Å². The van der Waals surface area contributed by atoms with Crippen LogP contribution in [0.4, 0.5) is 0 Å². The van der Waals surface area contributed by atoms with Gasteiger partial charge in [0.15, 0.2) is 0 Å². The van der Waals surface area contributed by atoms with Crippen LogP contribution in [0.5, 0.6) is 0 Å². The van der Waals surface area contributed by atoms with Gasteiger partial charge in [-0.3, -0.25) is 38.4 Å². The molecule has 0 radical (unpaired) electrons. The number of hydrogen-bond acceptors (Lipinski definition) is 10. The minimum absolute atomic E-state index is 0.0357. The van der Waals surface area contributed by atoms with Gasteiger partial charge < -0.3 is 54.0 Å². The van der Waals surface area contributed by atoms with E-state index in [-0.39, 0.29) is 43.9 Å². The monoisotopic (exact) mass is 644 g/mol. The van der Waals surface area contributed by atoms with E-state index in [0.29, 0.717) is 6.42 Å². The van der Waals surface area contributed by atoms with Crippen LogP contribution in [0.3, 0.4) is 0 Å². The molecule has 0 heterocycles. The number of carboxylic acid groups (broad SMARTS) is 1. The van der Waals surface area contributed by atoms with Gasteiger partial charge in [0, 0.05) is 12.8 Å². The molecule has 0 saturated carbocycles. The summed E-state index contributed by atoms with van der Waals surface area (Å²) < 4.78 is 0. The molecule has 256 valence electrons. The zero-order valence-corrected chi connectivity index (χ0v) is 26.1. The van der Waals surface area contributed by atoms with Crippen molar-refractivity contribution in [2.45, 2.75) is 96.4 Å². The van der Waals surface area contributed by atoms with Crippen molar-refractivity contribution in [1.29, 1.82) is 0 Å². The second kappa shape index (κ2) is 20.6. The zero-order valence-electron chi connectivity index (χ0n) is 26.1. The average Bonchev–Trinajstić information content (AvgIpc) is 2.92. The molecule has 0 rings (SSSR count). The standard InChI is InChI=1S/C27H48N8O10/c1-13(2)9-15(28)23(41)32-16(5-7-20(29)37)25(43)33-17(6-8-21(30)38)26(44)34-18(10-14(3)4)27(45)35-19(12-36)24(42)31-11-22(39)40/h13-19,36H,5-12,28H2,1-4H3,(H2,29,37)(H2,30,38)(H,31,42)(H,32,41)(H,33,43)(H,34,44)(H,35,45)(H,39,40)/t15-,16-,17-,18-,19-/m0/s1. The van der Waals surface area contributed by atoms with Gasteiger partial charge in [0.05, 0.1) is 12.6 Å². The maximum atomic E-state index is 13.4. The molecule has 0 bridgehead atoms. The minimum Gasteiger partial charge on any atom is -0.480 e. The summed E-state index contributed by atoms with van der Waals surface area (Å²) in [5.41, 5.74) is 16.4. The number of aliphatic carboxylic acids is 1. The van der Waals surface area contributed by atoms with Gasteiger partial charge in [0.25, 0.3) is 0 Å². The number of nitrogens with one attached hydrogen (secondary N) is 5. The summed E-state index contributed by atoms with van der Waals surface area (Å²) in [6, 6.07) is -6.59. The first-order chi connectivity index (χ1) is 20.9. The SMILES string of the molecule is CC(C)C[C@H](NC(=O)[C@H](CCC(N)=O)NC(=O)[C@H](CCC(N)=O)NC(=O)[C@@H](N)CC(C)C)C(=O)N[C@@H](CO)C(=O)NCC(=O)O.